The number of aliphatic hydroxyl groups excluding tert-OH is 1. The maximum atomic E-state index is 10.7. The molecule has 2 aromatic rings. The van der Waals surface area contributed by atoms with Gasteiger partial charge in [0.25, 0.3) is 0 Å². The molecule has 106 valence electrons. The number of aliphatic hydroxyl groups is 1. The van der Waals surface area contributed by atoms with Gasteiger partial charge in [0.2, 0.25) is 0 Å². The molecule has 0 aromatic heterocycles. The standard InChI is InChI=1S/C17H19BrO2/c1-10-7-11(2)16(12(3)8-10)17(19)14-6-5-13(20-4)9-15(14)18/h5-9,17,19H,1-4H3. The van der Waals surface area contributed by atoms with Crippen LogP contribution in [0.4, 0.5) is 0 Å². The van der Waals surface area contributed by atoms with Crippen molar-refractivity contribution in [1.82, 2.24) is 0 Å². The Hall–Kier alpha value is -1.32. The topological polar surface area (TPSA) is 29.5 Å². The zero-order valence-electron chi connectivity index (χ0n) is 12.2. The van der Waals surface area contributed by atoms with Crippen LogP contribution in [-0.4, -0.2) is 12.2 Å². The Bertz CT molecular complexity index is 612. The average molecular weight is 335 g/mol. The summed E-state index contributed by atoms with van der Waals surface area (Å²) in [6.07, 6.45) is -0.643. The van der Waals surface area contributed by atoms with Crippen LogP contribution >= 0.6 is 15.9 Å². The minimum Gasteiger partial charge on any atom is -0.497 e. The molecular formula is C17H19BrO2. The van der Waals surface area contributed by atoms with Crippen molar-refractivity contribution in [3.8, 4) is 5.75 Å². The molecule has 0 radical (unpaired) electrons. The number of rotatable bonds is 3. The molecule has 1 atom stereocenters. The highest BCUT2D eigenvalue weighted by molar-refractivity contribution is 9.10. The lowest BCUT2D eigenvalue weighted by Crippen LogP contribution is -2.06. The second-order valence-corrected chi connectivity index (χ2v) is 5.96. The van der Waals surface area contributed by atoms with Gasteiger partial charge in [-0.2, -0.15) is 0 Å². The minimum absolute atomic E-state index is 0.643. The van der Waals surface area contributed by atoms with Gasteiger partial charge in [-0.15, -0.1) is 0 Å². The van der Waals surface area contributed by atoms with Crippen LogP contribution in [0, 0.1) is 20.8 Å². The number of methoxy groups -OCH3 is 1. The predicted molar refractivity (Wildman–Crippen MR) is 85.4 cm³/mol. The van der Waals surface area contributed by atoms with Crippen LogP contribution in [-0.2, 0) is 0 Å². The molecule has 2 rings (SSSR count). The van der Waals surface area contributed by atoms with Gasteiger partial charge in [-0.1, -0.05) is 39.7 Å². The molecule has 1 N–H and O–H groups in total. The molecule has 0 aliphatic rings. The smallest absolute Gasteiger partial charge is 0.120 e. The quantitative estimate of drug-likeness (QED) is 0.897. The van der Waals surface area contributed by atoms with E-state index in [1.165, 1.54) is 5.56 Å². The molecule has 0 saturated carbocycles. The summed E-state index contributed by atoms with van der Waals surface area (Å²) in [6, 6.07) is 9.83. The summed E-state index contributed by atoms with van der Waals surface area (Å²) < 4.78 is 6.04. The van der Waals surface area contributed by atoms with Crippen LogP contribution < -0.4 is 4.74 Å². The second kappa shape index (κ2) is 5.98. The first kappa shape index (κ1) is 15.1. The minimum atomic E-state index is -0.643. The first-order valence-electron chi connectivity index (χ1n) is 6.53. The molecule has 0 aliphatic heterocycles. The lowest BCUT2D eigenvalue weighted by Gasteiger charge is -2.19. The fraction of sp³-hybridized carbons (Fsp3) is 0.294. The van der Waals surface area contributed by atoms with E-state index in [0.29, 0.717) is 0 Å². The van der Waals surface area contributed by atoms with E-state index in [1.807, 2.05) is 32.0 Å². The van der Waals surface area contributed by atoms with E-state index in [9.17, 15) is 5.11 Å². The zero-order chi connectivity index (χ0) is 14.9. The first-order valence-corrected chi connectivity index (χ1v) is 7.32. The number of hydrogen-bond acceptors (Lipinski definition) is 2. The maximum Gasteiger partial charge on any atom is 0.120 e. The number of hydrogen-bond donors (Lipinski definition) is 1. The predicted octanol–water partition coefficient (Wildman–Crippen LogP) is 4.46. The van der Waals surface area contributed by atoms with E-state index in [-0.39, 0.29) is 0 Å². The molecule has 0 heterocycles. The highest BCUT2D eigenvalue weighted by atomic mass is 79.9. The lowest BCUT2D eigenvalue weighted by atomic mass is 9.92. The molecule has 2 aromatic carbocycles. The van der Waals surface area contributed by atoms with Crippen molar-refractivity contribution in [2.45, 2.75) is 26.9 Å². The van der Waals surface area contributed by atoms with E-state index in [4.69, 9.17) is 4.74 Å². The lowest BCUT2D eigenvalue weighted by molar-refractivity contribution is 0.218. The molecule has 3 heteroatoms. The monoisotopic (exact) mass is 334 g/mol. The summed E-state index contributed by atoms with van der Waals surface area (Å²) in [5.41, 5.74) is 5.25. The summed E-state index contributed by atoms with van der Waals surface area (Å²) in [4.78, 5) is 0. The highest BCUT2D eigenvalue weighted by Crippen LogP contribution is 2.34. The molecule has 0 bridgehead atoms. The molecule has 0 saturated heterocycles. The molecule has 0 amide bonds. The van der Waals surface area contributed by atoms with Gasteiger partial charge < -0.3 is 9.84 Å². The number of benzene rings is 2. The van der Waals surface area contributed by atoms with E-state index in [0.717, 1.165) is 32.5 Å². The van der Waals surface area contributed by atoms with Crippen molar-refractivity contribution in [1.29, 1.82) is 0 Å². The van der Waals surface area contributed by atoms with Crippen LogP contribution in [0.1, 0.15) is 33.9 Å². The molecule has 0 fully saturated rings. The Balaban J connectivity index is 2.49. The van der Waals surface area contributed by atoms with Crippen molar-refractivity contribution in [3.05, 3.63) is 62.6 Å². The average Bonchev–Trinajstić information content (AvgIpc) is 2.37. The van der Waals surface area contributed by atoms with E-state index in [1.54, 1.807) is 7.11 Å². The number of aryl methyl sites for hydroxylation is 3. The third-order valence-corrected chi connectivity index (χ3v) is 4.20. The fourth-order valence-corrected chi connectivity index (χ4v) is 3.21. The highest BCUT2D eigenvalue weighted by Gasteiger charge is 2.18. The Morgan fingerprint density at radius 2 is 1.65 bits per heavy atom. The van der Waals surface area contributed by atoms with E-state index < -0.39 is 6.10 Å². The van der Waals surface area contributed by atoms with Crippen molar-refractivity contribution < 1.29 is 9.84 Å². The Labute approximate surface area is 128 Å². The number of ether oxygens (including phenoxy) is 1. The molecular weight excluding hydrogens is 316 g/mol. The Kier molecular flexibility index (Phi) is 4.51. The normalized spacial score (nSPS) is 12.3. The van der Waals surface area contributed by atoms with Crippen LogP contribution in [0.15, 0.2) is 34.8 Å². The summed E-state index contributed by atoms with van der Waals surface area (Å²) in [5, 5.41) is 10.7. The molecule has 0 aliphatic carbocycles. The van der Waals surface area contributed by atoms with E-state index in [2.05, 4.69) is 35.0 Å². The van der Waals surface area contributed by atoms with Crippen LogP contribution in [0.3, 0.4) is 0 Å². The van der Waals surface area contributed by atoms with Crippen molar-refractivity contribution >= 4 is 15.9 Å². The van der Waals surface area contributed by atoms with Gasteiger partial charge in [-0.05, 0) is 55.2 Å². The third kappa shape index (κ3) is 2.89. The fourth-order valence-electron chi connectivity index (χ4n) is 2.63. The molecule has 2 nitrogen and oxygen atoms in total. The van der Waals surface area contributed by atoms with Crippen LogP contribution in [0.5, 0.6) is 5.75 Å². The maximum absolute atomic E-state index is 10.7. The summed E-state index contributed by atoms with van der Waals surface area (Å²) in [5.74, 6) is 0.769. The Morgan fingerprint density at radius 1 is 1.05 bits per heavy atom. The van der Waals surface area contributed by atoms with Gasteiger partial charge in [0.1, 0.15) is 11.9 Å². The van der Waals surface area contributed by atoms with Crippen molar-refractivity contribution in [3.63, 3.8) is 0 Å². The number of halogens is 1. The SMILES string of the molecule is COc1ccc(C(O)c2c(C)cc(C)cc2C)c(Br)c1. The summed E-state index contributed by atoms with van der Waals surface area (Å²) in [6.45, 7) is 6.14. The van der Waals surface area contributed by atoms with Gasteiger partial charge in [0.05, 0.1) is 7.11 Å². The second-order valence-electron chi connectivity index (χ2n) is 5.10. The van der Waals surface area contributed by atoms with Gasteiger partial charge in [-0.25, -0.2) is 0 Å². The first-order chi connectivity index (χ1) is 9.43. The van der Waals surface area contributed by atoms with Crippen LogP contribution in [0.2, 0.25) is 0 Å². The molecule has 1 unspecified atom stereocenters. The van der Waals surface area contributed by atoms with Crippen LogP contribution in [0.25, 0.3) is 0 Å². The van der Waals surface area contributed by atoms with Gasteiger partial charge in [0, 0.05) is 4.47 Å². The summed E-state index contributed by atoms with van der Waals surface area (Å²) >= 11 is 3.51. The van der Waals surface area contributed by atoms with Gasteiger partial charge in [0.15, 0.2) is 0 Å². The largest absolute Gasteiger partial charge is 0.497 e. The van der Waals surface area contributed by atoms with E-state index >= 15 is 0 Å². The van der Waals surface area contributed by atoms with Crippen molar-refractivity contribution in [2.75, 3.05) is 7.11 Å². The van der Waals surface area contributed by atoms with Gasteiger partial charge in [-0.3, -0.25) is 0 Å². The Morgan fingerprint density at radius 3 is 2.15 bits per heavy atom. The van der Waals surface area contributed by atoms with Crippen molar-refractivity contribution in [2.24, 2.45) is 0 Å². The third-order valence-electron chi connectivity index (χ3n) is 3.51. The summed E-state index contributed by atoms with van der Waals surface area (Å²) in [7, 11) is 1.63. The zero-order valence-corrected chi connectivity index (χ0v) is 13.8. The molecule has 20 heavy (non-hydrogen) atoms. The van der Waals surface area contributed by atoms with Gasteiger partial charge >= 0.3 is 0 Å². The molecule has 0 spiro atoms.